The van der Waals surface area contributed by atoms with Crippen molar-refractivity contribution in [2.75, 3.05) is 38.7 Å². The van der Waals surface area contributed by atoms with E-state index in [0.717, 1.165) is 50.2 Å². The lowest BCUT2D eigenvalue weighted by atomic mass is 10.0. The van der Waals surface area contributed by atoms with E-state index in [4.69, 9.17) is 4.74 Å². The molecule has 0 amide bonds. The Bertz CT molecular complexity index is 739. The lowest BCUT2D eigenvalue weighted by Crippen LogP contribution is -2.40. The molecule has 1 aliphatic heterocycles. The van der Waals surface area contributed by atoms with Gasteiger partial charge in [0.2, 0.25) is 0 Å². The van der Waals surface area contributed by atoms with Crippen LogP contribution >= 0.6 is 22.6 Å². The molecule has 0 aliphatic carbocycles. The van der Waals surface area contributed by atoms with E-state index in [1.165, 1.54) is 4.57 Å². The molecule has 1 saturated heterocycles. The number of fused-ring (bicyclic) bond motifs is 1. The van der Waals surface area contributed by atoms with Crippen molar-refractivity contribution in [1.29, 1.82) is 0 Å². The van der Waals surface area contributed by atoms with Crippen molar-refractivity contribution < 1.29 is 17.9 Å². The molecule has 4 nitrogen and oxygen atoms in total. The predicted octanol–water partition coefficient (Wildman–Crippen LogP) is 4.33. The van der Waals surface area contributed by atoms with E-state index in [9.17, 15) is 13.2 Å². The third-order valence-electron chi connectivity index (χ3n) is 4.79. The zero-order valence-electron chi connectivity index (χ0n) is 14.7. The van der Waals surface area contributed by atoms with Crippen LogP contribution in [0.15, 0.2) is 24.3 Å². The number of rotatable bonds is 6. The number of benzene rings is 1. The SMILES string of the molecule is COCCN1CCC(Nc2cccc3c2cc(I)n3CC(F)(F)F)CC1. The topological polar surface area (TPSA) is 29.4 Å². The highest BCUT2D eigenvalue weighted by atomic mass is 127. The summed E-state index contributed by atoms with van der Waals surface area (Å²) in [4.78, 5) is 2.38. The molecular formula is C18H23F3IN3O. The van der Waals surface area contributed by atoms with Crippen molar-refractivity contribution in [2.24, 2.45) is 0 Å². The molecule has 1 aromatic carbocycles. The van der Waals surface area contributed by atoms with E-state index < -0.39 is 12.7 Å². The van der Waals surface area contributed by atoms with Gasteiger partial charge in [0, 0.05) is 43.9 Å². The van der Waals surface area contributed by atoms with Gasteiger partial charge in [-0.1, -0.05) is 6.07 Å². The summed E-state index contributed by atoms with van der Waals surface area (Å²) < 4.78 is 45.7. The zero-order valence-corrected chi connectivity index (χ0v) is 16.8. The second-order valence-electron chi connectivity index (χ2n) is 6.66. The van der Waals surface area contributed by atoms with Crippen LogP contribution < -0.4 is 5.32 Å². The first-order chi connectivity index (χ1) is 12.4. The van der Waals surface area contributed by atoms with Crippen molar-refractivity contribution in [2.45, 2.75) is 31.6 Å². The smallest absolute Gasteiger partial charge is 0.383 e. The second kappa shape index (κ2) is 8.35. The van der Waals surface area contributed by atoms with Gasteiger partial charge in [-0.05, 0) is 53.6 Å². The number of nitrogens with zero attached hydrogens (tertiary/aromatic N) is 2. The Kier molecular flexibility index (Phi) is 6.34. The highest BCUT2D eigenvalue weighted by Crippen LogP contribution is 2.31. The van der Waals surface area contributed by atoms with Gasteiger partial charge in [-0.3, -0.25) is 0 Å². The second-order valence-corrected chi connectivity index (χ2v) is 7.77. The molecule has 26 heavy (non-hydrogen) atoms. The van der Waals surface area contributed by atoms with Crippen molar-refractivity contribution >= 4 is 39.2 Å². The summed E-state index contributed by atoms with van der Waals surface area (Å²) in [5, 5.41) is 4.40. The number of methoxy groups -OCH3 is 1. The lowest BCUT2D eigenvalue weighted by molar-refractivity contribution is -0.140. The molecule has 0 unspecified atom stereocenters. The van der Waals surface area contributed by atoms with Crippen LogP contribution in [0.2, 0.25) is 0 Å². The average Bonchev–Trinajstić information content (AvgIpc) is 2.90. The predicted molar refractivity (Wildman–Crippen MR) is 106 cm³/mol. The zero-order chi connectivity index (χ0) is 18.7. The molecule has 8 heteroatoms. The minimum absolute atomic E-state index is 0.336. The van der Waals surface area contributed by atoms with Crippen LogP contribution in [0.5, 0.6) is 0 Å². The fourth-order valence-electron chi connectivity index (χ4n) is 3.46. The van der Waals surface area contributed by atoms with E-state index in [1.54, 1.807) is 13.2 Å². The first-order valence-electron chi connectivity index (χ1n) is 8.70. The van der Waals surface area contributed by atoms with Crippen LogP contribution in [0, 0.1) is 3.70 Å². The Morgan fingerprint density at radius 1 is 1.27 bits per heavy atom. The monoisotopic (exact) mass is 481 g/mol. The van der Waals surface area contributed by atoms with Crippen LogP contribution in [0.25, 0.3) is 10.9 Å². The highest BCUT2D eigenvalue weighted by Gasteiger charge is 2.30. The number of aromatic nitrogens is 1. The van der Waals surface area contributed by atoms with Crippen LogP contribution in [0.3, 0.4) is 0 Å². The van der Waals surface area contributed by atoms with Crippen LogP contribution in [0.1, 0.15) is 12.8 Å². The van der Waals surface area contributed by atoms with Gasteiger partial charge in [-0.15, -0.1) is 0 Å². The fourth-order valence-corrected chi connectivity index (χ4v) is 4.20. The first-order valence-corrected chi connectivity index (χ1v) is 9.77. The molecule has 1 fully saturated rings. The van der Waals surface area contributed by atoms with Gasteiger partial charge < -0.3 is 19.5 Å². The molecule has 1 N–H and O–H groups in total. The molecule has 0 bridgehead atoms. The Morgan fingerprint density at radius 2 is 2.00 bits per heavy atom. The maximum atomic E-state index is 12.9. The molecule has 2 aromatic rings. The van der Waals surface area contributed by atoms with Gasteiger partial charge in [0.25, 0.3) is 0 Å². The number of hydrogen-bond acceptors (Lipinski definition) is 3. The third-order valence-corrected chi connectivity index (χ3v) is 5.69. The van der Waals surface area contributed by atoms with Crippen LogP contribution in [-0.4, -0.2) is 55.0 Å². The third kappa shape index (κ3) is 4.83. The van der Waals surface area contributed by atoms with E-state index in [-0.39, 0.29) is 0 Å². The summed E-state index contributed by atoms with van der Waals surface area (Å²) in [5.41, 5.74) is 1.53. The Labute approximate surface area is 164 Å². The number of hydrogen-bond donors (Lipinski definition) is 1. The Balaban J connectivity index is 1.72. The van der Waals surface area contributed by atoms with E-state index in [0.29, 0.717) is 15.3 Å². The maximum Gasteiger partial charge on any atom is 0.406 e. The number of halogens is 4. The number of ether oxygens (including phenoxy) is 1. The van der Waals surface area contributed by atoms with Gasteiger partial charge in [-0.25, -0.2) is 0 Å². The highest BCUT2D eigenvalue weighted by molar-refractivity contribution is 14.1. The normalized spacial score (nSPS) is 17.1. The molecule has 1 aliphatic rings. The van der Waals surface area contributed by atoms with E-state index in [2.05, 4.69) is 10.2 Å². The standard InChI is InChI=1S/C18H23F3IN3O/c1-26-10-9-24-7-5-13(6-8-24)23-15-3-2-4-16-14(15)11-17(22)25(16)12-18(19,20)21/h2-4,11,13,23H,5-10,12H2,1H3. The summed E-state index contributed by atoms with van der Waals surface area (Å²) in [6, 6.07) is 7.69. The van der Waals surface area contributed by atoms with Gasteiger partial charge in [-0.2, -0.15) is 13.2 Å². The van der Waals surface area contributed by atoms with Crippen molar-refractivity contribution in [3.05, 3.63) is 28.0 Å². The first kappa shape index (κ1) is 19.8. The molecule has 0 spiro atoms. The minimum Gasteiger partial charge on any atom is -0.383 e. The number of alkyl halides is 3. The molecular weight excluding hydrogens is 458 g/mol. The van der Waals surface area contributed by atoms with E-state index in [1.807, 2.05) is 40.8 Å². The molecule has 2 heterocycles. The van der Waals surface area contributed by atoms with Gasteiger partial charge >= 0.3 is 6.18 Å². The molecule has 3 rings (SSSR count). The summed E-state index contributed by atoms with van der Waals surface area (Å²) >= 11 is 1.97. The number of nitrogens with one attached hydrogen (secondary N) is 1. The van der Waals surface area contributed by atoms with Gasteiger partial charge in [0.05, 0.1) is 15.8 Å². The van der Waals surface area contributed by atoms with Crippen LogP contribution in [0.4, 0.5) is 18.9 Å². The molecule has 0 atom stereocenters. The van der Waals surface area contributed by atoms with Crippen molar-refractivity contribution in [1.82, 2.24) is 9.47 Å². The van der Waals surface area contributed by atoms with Crippen molar-refractivity contribution in [3.8, 4) is 0 Å². The summed E-state index contributed by atoms with van der Waals surface area (Å²) in [6.07, 6.45) is -2.20. The molecule has 144 valence electrons. The summed E-state index contributed by atoms with van der Waals surface area (Å²) in [5.74, 6) is 0. The average molecular weight is 481 g/mol. The Morgan fingerprint density at radius 3 is 2.65 bits per heavy atom. The summed E-state index contributed by atoms with van der Waals surface area (Å²) in [6.45, 7) is 2.73. The maximum absolute atomic E-state index is 12.9. The number of piperidine rings is 1. The molecule has 0 saturated carbocycles. The largest absolute Gasteiger partial charge is 0.406 e. The minimum atomic E-state index is -4.23. The van der Waals surface area contributed by atoms with Gasteiger partial charge in [0.1, 0.15) is 6.54 Å². The van der Waals surface area contributed by atoms with Crippen LogP contribution in [-0.2, 0) is 11.3 Å². The van der Waals surface area contributed by atoms with Crippen molar-refractivity contribution in [3.63, 3.8) is 0 Å². The number of likely N-dealkylation sites (tertiary alicyclic amines) is 1. The molecule has 1 aromatic heterocycles. The Hall–Kier alpha value is -1.00. The number of anilines is 1. The fraction of sp³-hybridized carbons (Fsp3) is 0.556. The summed E-state index contributed by atoms with van der Waals surface area (Å²) in [7, 11) is 1.71. The quantitative estimate of drug-likeness (QED) is 0.624. The lowest BCUT2D eigenvalue weighted by Gasteiger charge is -2.32. The van der Waals surface area contributed by atoms with Gasteiger partial charge in [0.15, 0.2) is 0 Å². The van der Waals surface area contributed by atoms with E-state index >= 15 is 0 Å². The molecule has 0 radical (unpaired) electrons.